The number of pyridine rings is 2. The van der Waals surface area contributed by atoms with E-state index in [0.717, 1.165) is 54.6 Å². The fourth-order valence-electron chi connectivity index (χ4n) is 12.7. The smallest absolute Gasteiger partial charge is 0.494 e. The van der Waals surface area contributed by atoms with E-state index in [9.17, 15) is 48.9 Å². The maximum atomic E-state index is 11.5. The van der Waals surface area contributed by atoms with Gasteiger partial charge in [0, 0.05) is 86.8 Å². The molecule has 2 fully saturated rings. The molecule has 138 heavy (non-hydrogen) atoms. The summed E-state index contributed by atoms with van der Waals surface area (Å²) in [4.78, 5) is 95.7. The van der Waals surface area contributed by atoms with Crippen LogP contribution < -0.4 is 54.4 Å². The van der Waals surface area contributed by atoms with Crippen molar-refractivity contribution in [2.24, 2.45) is 16.0 Å². The van der Waals surface area contributed by atoms with Gasteiger partial charge in [-0.05, 0) is 286 Å². The predicted molar refractivity (Wildman–Crippen MR) is 539 cm³/mol. The van der Waals surface area contributed by atoms with Crippen LogP contribution in [0.15, 0.2) is 266 Å². The Labute approximate surface area is 822 Å². The number of carbonyl (C=O) groups is 4. The third kappa shape index (κ3) is 28.4. The summed E-state index contributed by atoms with van der Waals surface area (Å²) in [6.45, 7) is 24.5. The van der Waals surface area contributed by atoms with Crippen molar-refractivity contribution in [3.05, 3.63) is 346 Å². The molecule has 0 spiro atoms. The summed E-state index contributed by atoms with van der Waals surface area (Å²) in [5.41, 5.74) is 13.0. The lowest BCUT2D eigenvalue weighted by atomic mass is 9.78. The van der Waals surface area contributed by atoms with E-state index in [1.807, 2.05) is 153 Å². The summed E-state index contributed by atoms with van der Waals surface area (Å²) in [5, 5.41) is 56.9. The molecule has 0 aliphatic carbocycles. The van der Waals surface area contributed by atoms with Crippen LogP contribution in [-0.2, 0) is 28.1 Å². The summed E-state index contributed by atoms with van der Waals surface area (Å²) in [5.74, 6) is 2.03. The van der Waals surface area contributed by atoms with Crippen LogP contribution in [0.1, 0.15) is 169 Å². The number of hydrogen-bond acceptors (Lipinski definition) is 27. The minimum Gasteiger partial charge on any atom is -0.496 e. The first kappa shape index (κ1) is 107. The minimum absolute atomic E-state index is 0.0303. The predicted octanol–water partition coefficient (Wildman–Crippen LogP) is 19.6. The zero-order chi connectivity index (χ0) is 101. The summed E-state index contributed by atoms with van der Waals surface area (Å²) in [6, 6.07) is 66.9. The summed E-state index contributed by atoms with van der Waals surface area (Å²) < 4.78 is 54.1. The van der Waals surface area contributed by atoms with E-state index in [4.69, 9.17) is 106 Å². The highest BCUT2D eigenvalue weighted by Gasteiger charge is 2.53. The molecular weight excluding hydrogens is 1920 g/mol. The minimum atomic E-state index is -0.726. The second kappa shape index (κ2) is 47.9. The molecule has 37 heteroatoms. The number of hydrogen-bond donors (Lipinski definition) is 7. The van der Waals surface area contributed by atoms with Crippen molar-refractivity contribution in [2.75, 3.05) is 32.0 Å². The first-order valence-electron chi connectivity index (χ1n) is 41.9. The topological polar surface area (TPSA) is 448 Å². The van der Waals surface area contributed by atoms with Crippen LogP contribution in [0.4, 0.5) is 11.4 Å². The van der Waals surface area contributed by atoms with Crippen LogP contribution in [-0.4, -0.2) is 119 Å². The number of ether oxygens (including phenoxy) is 3. The highest BCUT2D eigenvalue weighted by molar-refractivity contribution is 9.10. The molecule has 8 N–H and O–H groups in total. The van der Waals surface area contributed by atoms with Crippen LogP contribution in [0.3, 0.4) is 0 Å². The van der Waals surface area contributed by atoms with Gasteiger partial charge >= 0.3 is 37.4 Å². The number of rotatable bonds is 15. The number of aryl methyl sites for hydroxylation is 2. The molecule has 30 nitrogen and oxygen atoms in total. The third-order valence-electron chi connectivity index (χ3n) is 21.8. The number of Topliss-reactive ketones (excluding diaryl/α,β-unsaturated/α-hetero) is 2. The Morgan fingerprint density at radius 1 is 0.507 bits per heavy atom. The number of terminal acetylenes is 1. The number of benzene rings is 9. The van der Waals surface area contributed by atoms with Crippen LogP contribution >= 0.6 is 62.3 Å². The fourth-order valence-corrected chi connectivity index (χ4v) is 14.0. The van der Waals surface area contributed by atoms with Gasteiger partial charge < -0.3 is 82.9 Å². The standard InChI is InChI=1S/C21H25BN2O2.C18H22BN3O3.C11H8ClNO3.C11H8ClNO2.C11H7ClO4.C11H7ClO3.C9H10BrNO2.C9H8N2O/c1-15-6-12-18(13-7-15)24-19(14-23)16-8-10-17(11-9-16)22-25-20(2,3)21(4,5)26-22;1-12-10-15(22-23-12)16(11-20)21-14-8-6-13(7-9-14)19-24-17(2,3)18(4,5)25-19;1-16-11(15)8-5-6-4-7(12)2-3-9(6)13-10(8)14;1-6(14)9-5-7-4-8(12)2-3-10(7)13-11(9)15;1-15-10(13)8-5-6-4-7(12)2-3-9(6)16-11(8)14;1-6(13)9-5-7-4-8(12)2-3-10(7)15-11(9)14;1-6(11-12)7-3-4-9(13-2)8(10)5-7;1-2-7-3-5-8(6-4-7)9(10)11-12/h6-13,19,24H,1-5H3;6-10,16,21H,1-5H3;2-5H,1H3,(H,13,14);2-5H,1H3,(H,13,15);2-5H,1H3;2-5H,1H3;3-5,12H,1-2H3;1,3-6,12H,(H2,10,11)/b;;;;;;11-6+;. The summed E-state index contributed by atoms with van der Waals surface area (Å²) in [6.07, 6.45) is 5.15. The highest BCUT2D eigenvalue weighted by Crippen LogP contribution is 2.39. The molecule has 2 atom stereocenters. The molecule has 0 saturated carbocycles. The van der Waals surface area contributed by atoms with Crippen molar-refractivity contribution >= 4 is 178 Å². The molecule has 2 saturated heterocycles. The average Bonchev–Trinajstić information content (AvgIpc) is 1.62. The lowest BCUT2D eigenvalue weighted by molar-refractivity contribution is 0.00578. The molecule has 0 bridgehead atoms. The number of aromatic nitrogens is 3. The Bertz CT molecular complexity index is 7000. The molecule has 9 aromatic carbocycles. The van der Waals surface area contributed by atoms with Crippen LogP contribution in [0.2, 0.25) is 20.1 Å². The van der Waals surface area contributed by atoms with Gasteiger partial charge in [0.1, 0.15) is 51.1 Å². The first-order valence-corrected chi connectivity index (χ1v) is 44.2. The van der Waals surface area contributed by atoms with Gasteiger partial charge in [0.25, 0.3) is 11.1 Å². The van der Waals surface area contributed by atoms with Crippen molar-refractivity contribution in [2.45, 2.75) is 124 Å². The van der Waals surface area contributed by atoms with Crippen molar-refractivity contribution in [1.29, 1.82) is 10.5 Å². The molecule has 2 aliphatic rings. The summed E-state index contributed by atoms with van der Waals surface area (Å²) in [7, 11) is 3.24. The van der Waals surface area contributed by atoms with E-state index in [1.54, 1.807) is 130 Å². The number of oxime groups is 2. The van der Waals surface area contributed by atoms with Crippen molar-refractivity contribution < 1.29 is 75.8 Å². The first-order chi connectivity index (χ1) is 65.3. The Kier molecular flexibility index (Phi) is 37.2. The van der Waals surface area contributed by atoms with E-state index < -0.39 is 48.0 Å². The molecule has 2 unspecified atom stereocenters. The van der Waals surface area contributed by atoms with Gasteiger partial charge in [0.05, 0.1) is 71.6 Å². The maximum Gasteiger partial charge on any atom is 0.494 e. The zero-order valence-electron chi connectivity index (χ0n) is 77.6. The molecule has 5 aromatic heterocycles. The number of esters is 2. The Hall–Kier alpha value is -14.4. The quantitative estimate of drug-likeness (QED) is 0.00577. The monoisotopic (exact) mass is 2010 g/mol. The number of halogens is 5. The molecule has 2 aliphatic heterocycles. The average molecular weight is 2010 g/mol. The number of carbonyl (C=O) groups excluding carboxylic acids is 4. The summed E-state index contributed by atoms with van der Waals surface area (Å²) >= 11 is 26.5. The number of amidine groups is 1. The van der Waals surface area contributed by atoms with Crippen LogP contribution in [0.5, 0.6) is 5.75 Å². The van der Waals surface area contributed by atoms with Crippen LogP contribution in [0, 0.1) is 48.9 Å². The number of ketones is 2. The van der Waals surface area contributed by atoms with E-state index >= 15 is 0 Å². The maximum absolute atomic E-state index is 11.5. The van der Waals surface area contributed by atoms with Gasteiger partial charge in [0.15, 0.2) is 23.4 Å². The highest BCUT2D eigenvalue weighted by atomic mass is 79.9. The van der Waals surface area contributed by atoms with E-state index in [0.29, 0.717) is 81.2 Å². The Morgan fingerprint density at radius 3 is 1.33 bits per heavy atom. The van der Waals surface area contributed by atoms with Gasteiger partial charge in [-0.2, -0.15) is 10.5 Å². The van der Waals surface area contributed by atoms with E-state index in [1.165, 1.54) is 51.8 Å². The molecule has 7 heterocycles. The lowest BCUT2D eigenvalue weighted by Crippen LogP contribution is -2.41. The number of nitrogens with zero attached hydrogens (tertiary/aromatic N) is 5. The van der Waals surface area contributed by atoms with Crippen molar-refractivity contribution in [3.8, 4) is 30.2 Å². The largest absolute Gasteiger partial charge is 0.496 e. The molecule has 14 aromatic rings. The lowest BCUT2D eigenvalue weighted by Gasteiger charge is -2.32. The number of nitrogens with one attached hydrogen (secondary N) is 4. The SMILES string of the molecule is C#Cc1ccc(/C(N)=N/O)cc1.CC(=O)c1cc2cc(Cl)ccc2[nH]c1=O.CC(=O)c1cc2cc(Cl)ccc2oc1=O.COC(=O)c1cc2cc(Cl)ccc2[nH]c1=O.COC(=O)c1cc2cc(Cl)ccc2oc1=O.COc1ccc(/C(C)=N/O)cc1Br.Cc1cc(C(C#N)Nc2ccc(B3OC(C)(C)C(C)(C)O3)cc2)no1.Cc1ccc(NC(C#N)c2ccc(B3OC(C)(C)C(C)(C)O3)cc2)cc1. The number of nitriles is 2. The van der Waals surface area contributed by atoms with Crippen molar-refractivity contribution in [3.63, 3.8) is 0 Å². The molecule has 0 amide bonds. The number of nitrogens with two attached hydrogens (primary N) is 1. The molecule has 16 rings (SSSR count). The number of anilines is 2. The second-order valence-corrected chi connectivity index (χ2v) is 35.3. The Balaban J connectivity index is 0.000000179. The Morgan fingerprint density at radius 2 is 0.913 bits per heavy atom. The third-order valence-corrected chi connectivity index (χ3v) is 23.4. The zero-order valence-corrected chi connectivity index (χ0v) is 82.2. The van der Waals surface area contributed by atoms with Gasteiger partial charge in [-0.1, -0.05) is 122 Å². The molecular formula is C101H95B2BrCl4N10O20. The van der Waals surface area contributed by atoms with Gasteiger partial charge in [-0.15, -0.1) is 6.42 Å². The van der Waals surface area contributed by atoms with Gasteiger partial charge in [-0.3, -0.25) is 19.2 Å². The fraction of sp³-hybridized carbons (Fsp3) is 0.218. The normalized spacial score (nSPS) is 13.8. The van der Waals surface area contributed by atoms with E-state index in [2.05, 4.69) is 79.5 Å². The van der Waals surface area contributed by atoms with Gasteiger partial charge in [0.2, 0.25) is 0 Å². The number of methoxy groups -OCH3 is 3. The number of H-pyrrole nitrogens is 2. The van der Waals surface area contributed by atoms with Crippen LogP contribution in [0.25, 0.3) is 43.7 Å². The number of fused-ring (bicyclic) bond motifs is 4. The number of aromatic amines is 2. The molecule has 0 radical (unpaired) electrons. The van der Waals surface area contributed by atoms with Crippen molar-refractivity contribution in [1.82, 2.24) is 15.1 Å². The van der Waals surface area contributed by atoms with E-state index in [-0.39, 0.29) is 74.7 Å². The van der Waals surface area contributed by atoms with Gasteiger partial charge in [-0.25, -0.2) is 19.2 Å². The molecule has 710 valence electrons. The second-order valence-electron chi connectivity index (χ2n) is 32.7.